The number of hydrogen-bond donors (Lipinski definition) is 1. The fraction of sp³-hybridized carbons (Fsp3) is 0.188. The van der Waals surface area contributed by atoms with Crippen molar-refractivity contribution in [2.75, 3.05) is 7.11 Å². The number of halogens is 2. The molecule has 0 fully saturated rings. The Bertz CT molecular complexity index is 619. The van der Waals surface area contributed by atoms with Crippen molar-refractivity contribution in [3.63, 3.8) is 0 Å². The Balaban J connectivity index is 2.17. The number of rotatable bonds is 5. The van der Waals surface area contributed by atoms with Crippen LogP contribution in [0.2, 0.25) is 5.02 Å². The molecule has 1 atom stereocenters. The molecule has 0 aromatic heterocycles. The number of carbonyl (C=O) groups excluding carboxylic acids is 1. The zero-order valence-corrected chi connectivity index (χ0v) is 12.2. The summed E-state index contributed by atoms with van der Waals surface area (Å²) in [5.41, 5.74) is 1.36. The molecule has 0 bridgehead atoms. The molecular weight excluding hydrogens is 293 g/mol. The molecule has 0 heterocycles. The van der Waals surface area contributed by atoms with Gasteiger partial charge in [-0.2, -0.15) is 0 Å². The Labute approximate surface area is 127 Å². The number of methoxy groups -OCH3 is 1. The molecule has 0 spiro atoms. The Morgan fingerprint density at radius 1 is 1.24 bits per heavy atom. The highest BCUT2D eigenvalue weighted by Crippen LogP contribution is 2.21. The summed E-state index contributed by atoms with van der Waals surface area (Å²) in [7, 11) is 1.33. The lowest BCUT2D eigenvalue weighted by Gasteiger charge is -2.17. The zero-order valence-electron chi connectivity index (χ0n) is 11.5. The van der Waals surface area contributed by atoms with Gasteiger partial charge in [0, 0.05) is 6.54 Å². The van der Waals surface area contributed by atoms with Gasteiger partial charge in [0.15, 0.2) is 0 Å². The van der Waals surface area contributed by atoms with Crippen molar-refractivity contribution < 1.29 is 13.9 Å². The molecular formula is C16H15ClFNO2. The van der Waals surface area contributed by atoms with Gasteiger partial charge in [0.2, 0.25) is 0 Å². The van der Waals surface area contributed by atoms with Crippen LogP contribution in [-0.4, -0.2) is 13.1 Å². The number of benzene rings is 2. The monoisotopic (exact) mass is 307 g/mol. The van der Waals surface area contributed by atoms with Crippen LogP contribution in [0.4, 0.5) is 4.39 Å². The van der Waals surface area contributed by atoms with Gasteiger partial charge in [-0.25, -0.2) is 9.18 Å². The van der Waals surface area contributed by atoms with Crippen molar-refractivity contribution in [1.82, 2.24) is 5.32 Å². The highest BCUT2D eigenvalue weighted by atomic mass is 35.5. The van der Waals surface area contributed by atoms with Crippen LogP contribution in [0.1, 0.15) is 17.2 Å². The number of ether oxygens (including phenoxy) is 1. The van der Waals surface area contributed by atoms with Gasteiger partial charge in [0.05, 0.1) is 12.1 Å². The first-order valence-corrected chi connectivity index (χ1v) is 6.80. The van der Waals surface area contributed by atoms with E-state index in [4.69, 9.17) is 16.3 Å². The van der Waals surface area contributed by atoms with E-state index in [2.05, 4.69) is 5.32 Å². The van der Waals surface area contributed by atoms with Crippen LogP contribution in [-0.2, 0) is 16.1 Å². The van der Waals surface area contributed by atoms with Crippen molar-refractivity contribution >= 4 is 17.6 Å². The summed E-state index contributed by atoms with van der Waals surface area (Å²) in [6, 6.07) is 13.1. The number of carbonyl (C=O) groups is 1. The van der Waals surface area contributed by atoms with Crippen LogP contribution < -0.4 is 5.32 Å². The number of hydrogen-bond acceptors (Lipinski definition) is 3. The molecule has 0 saturated carbocycles. The first kappa shape index (κ1) is 15.5. The van der Waals surface area contributed by atoms with Gasteiger partial charge < -0.3 is 4.74 Å². The molecule has 2 rings (SSSR count). The molecule has 1 unspecified atom stereocenters. The van der Waals surface area contributed by atoms with Crippen molar-refractivity contribution in [2.24, 2.45) is 0 Å². The minimum atomic E-state index is -0.629. The first-order valence-electron chi connectivity index (χ1n) is 6.42. The third-order valence-electron chi connectivity index (χ3n) is 3.10. The Hall–Kier alpha value is -1.91. The summed E-state index contributed by atoms with van der Waals surface area (Å²) in [6.45, 7) is 0.255. The largest absolute Gasteiger partial charge is 0.468 e. The predicted octanol–water partition coefficient (Wildman–Crippen LogP) is 3.48. The van der Waals surface area contributed by atoms with E-state index in [9.17, 15) is 9.18 Å². The van der Waals surface area contributed by atoms with Gasteiger partial charge in [-0.05, 0) is 17.2 Å². The van der Waals surface area contributed by atoms with E-state index in [1.165, 1.54) is 13.2 Å². The fourth-order valence-corrected chi connectivity index (χ4v) is 2.19. The predicted molar refractivity (Wildman–Crippen MR) is 79.4 cm³/mol. The zero-order chi connectivity index (χ0) is 15.2. The van der Waals surface area contributed by atoms with Gasteiger partial charge >= 0.3 is 5.97 Å². The molecule has 0 aliphatic carbocycles. The molecule has 110 valence electrons. The van der Waals surface area contributed by atoms with E-state index < -0.39 is 17.8 Å². The van der Waals surface area contributed by atoms with E-state index in [1.54, 1.807) is 12.1 Å². The minimum absolute atomic E-state index is 0.0571. The lowest BCUT2D eigenvalue weighted by Crippen LogP contribution is -2.29. The van der Waals surface area contributed by atoms with Crippen LogP contribution in [0, 0.1) is 5.82 Å². The van der Waals surface area contributed by atoms with E-state index in [0.717, 1.165) is 5.56 Å². The lowest BCUT2D eigenvalue weighted by atomic mass is 10.1. The Morgan fingerprint density at radius 3 is 2.62 bits per heavy atom. The maximum absolute atomic E-state index is 13.4. The van der Waals surface area contributed by atoms with Crippen LogP contribution in [0.25, 0.3) is 0 Å². The van der Waals surface area contributed by atoms with Crippen LogP contribution in [0.5, 0.6) is 0 Å². The van der Waals surface area contributed by atoms with Gasteiger partial charge in [0.1, 0.15) is 11.9 Å². The van der Waals surface area contributed by atoms with E-state index >= 15 is 0 Å². The van der Waals surface area contributed by atoms with Crippen molar-refractivity contribution in [3.8, 4) is 0 Å². The second kappa shape index (κ2) is 7.20. The normalized spacial score (nSPS) is 12.0. The number of esters is 1. The van der Waals surface area contributed by atoms with Crippen LogP contribution in [0.15, 0.2) is 48.5 Å². The van der Waals surface area contributed by atoms with Gasteiger partial charge in [-0.15, -0.1) is 0 Å². The van der Waals surface area contributed by atoms with Crippen LogP contribution >= 0.6 is 11.6 Å². The van der Waals surface area contributed by atoms with Gasteiger partial charge in [-0.3, -0.25) is 5.32 Å². The third-order valence-corrected chi connectivity index (χ3v) is 3.52. The highest BCUT2D eigenvalue weighted by Gasteiger charge is 2.21. The summed E-state index contributed by atoms with van der Waals surface area (Å²) >= 11 is 5.90. The molecule has 0 saturated heterocycles. The smallest absolute Gasteiger partial charge is 0.327 e. The lowest BCUT2D eigenvalue weighted by molar-refractivity contribution is -0.143. The second-order valence-electron chi connectivity index (χ2n) is 4.46. The molecule has 2 aromatic rings. The molecule has 5 heteroatoms. The molecule has 2 aromatic carbocycles. The minimum Gasteiger partial charge on any atom is -0.468 e. The standard InChI is InChI=1S/C16H15ClFNO2/c1-21-16(20)15(11-6-3-2-4-7-11)19-10-12-8-5-9-13(18)14(12)17/h2-9,15,19H,10H2,1H3. The van der Waals surface area contributed by atoms with E-state index in [0.29, 0.717) is 5.56 Å². The molecule has 1 N–H and O–H groups in total. The van der Waals surface area contributed by atoms with E-state index in [1.807, 2.05) is 30.3 Å². The van der Waals surface area contributed by atoms with Gasteiger partial charge in [0.25, 0.3) is 0 Å². The molecule has 0 aliphatic heterocycles. The Morgan fingerprint density at radius 2 is 1.95 bits per heavy atom. The van der Waals surface area contributed by atoms with Crippen molar-refractivity contribution in [2.45, 2.75) is 12.6 Å². The maximum Gasteiger partial charge on any atom is 0.327 e. The Kier molecular flexibility index (Phi) is 5.31. The summed E-state index contributed by atoms with van der Waals surface area (Å²) in [6.07, 6.45) is 0. The highest BCUT2D eigenvalue weighted by molar-refractivity contribution is 6.31. The summed E-state index contributed by atoms with van der Waals surface area (Å²) in [4.78, 5) is 11.9. The SMILES string of the molecule is COC(=O)C(NCc1cccc(F)c1Cl)c1ccccc1. The maximum atomic E-state index is 13.4. The first-order chi connectivity index (χ1) is 10.1. The molecule has 21 heavy (non-hydrogen) atoms. The van der Waals surface area contributed by atoms with Crippen LogP contribution in [0.3, 0.4) is 0 Å². The average Bonchev–Trinajstić information content (AvgIpc) is 2.52. The summed E-state index contributed by atoms with van der Waals surface area (Å²) < 4.78 is 18.2. The topological polar surface area (TPSA) is 38.3 Å². The van der Waals surface area contributed by atoms with E-state index in [-0.39, 0.29) is 11.6 Å². The average molecular weight is 308 g/mol. The summed E-state index contributed by atoms with van der Waals surface area (Å²) in [5.74, 6) is -0.890. The molecule has 0 radical (unpaired) electrons. The molecule has 0 amide bonds. The van der Waals surface area contributed by atoms with Crippen molar-refractivity contribution in [3.05, 3.63) is 70.5 Å². The second-order valence-corrected chi connectivity index (χ2v) is 4.84. The third kappa shape index (κ3) is 3.80. The summed E-state index contributed by atoms with van der Waals surface area (Å²) in [5, 5.41) is 3.10. The molecule has 3 nitrogen and oxygen atoms in total. The molecule has 0 aliphatic rings. The quantitative estimate of drug-likeness (QED) is 0.859. The van der Waals surface area contributed by atoms with Gasteiger partial charge in [-0.1, -0.05) is 54.1 Å². The number of nitrogens with one attached hydrogen (secondary N) is 1. The van der Waals surface area contributed by atoms with Crippen molar-refractivity contribution in [1.29, 1.82) is 0 Å². The fourth-order valence-electron chi connectivity index (χ4n) is 2.00.